The third-order valence-corrected chi connectivity index (χ3v) is 3.72. The fourth-order valence-electron chi connectivity index (χ4n) is 2.58. The van der Waals surface area contributed by atoms with Gasteiger partial charge in [-0.2, -0.15) is 0 Å². The summed E-state index contributed by atoms with van der Waals surface area (Å²) in [7, 11) is 0. The van der Waals surface area contributed by atoms with Gasteiger partial charge in [-0.15, -0.1) is 0 Å². The van der Waals surface area contributed by atoms with Gasteiger partial charge in [-0.1, -0.05) is 6.07 Å². The lowest BCUT2D eigenvalue weighted by Gasteiger charge is -2.45. The highest BCUT2D eigenvalue weighted by molar-refractivity contribution is 5.18. The molecule has 0 aromatic carbocycles. The largest absolute Gasteiger partial charge is 0.379 e. The Morgan fingerprint density at radius 1 is 1.44 bits per heavy atom. The molecular weight excluding hydrogens is 228 g/mol. The normalized spacial score (nSPS) is 19.7. The zero-order valence-electron chi connectivity index (χ0n) is 11.1. The molecule has 1 atom stereocenters. The van der Waals surface area contributed by atoms with Crippen LogP contribution in [0, 0.1) is 0 Å². The van der Waals surface area contributed by atoms with Crippen LogP contribution in [0.4, 0.5) is 0 Å². The minimum atomic E-state index is -0.0818. The SMILES string of the molecule is CC(C)(C(NN)c1cccnc1)N1CCOCC1. The van der Waals surface area contributed by atoms with Crippen LogP contribution in [-0.2, 0) is 4.74 Å². The van der Waals surface area contributed by atoms with E-state index < -0.39 is 0 Å². The van der Waals surface area contributed by atoms with Crippen LogP contribution >= 0.6 is 0 Å². The molecule has 100 valence electrons. The highest BCUT2D eigenvalue weighted by Gasteiger charge is 2.36. The number of hydrogen-bond donors (Lipinski definition) is 2. The standard InChI is InChI=1S/C13H22N4O/c1-13(2,17-6-8-18-9-7-17)12(16-14)11-4-3-5-15-10-11/h3-5,10,12,16H,6-9,14H2,1-2H3. The van der Waals surface area contributed by atoms with Gasteiger partial charge in [-0.3, -0.25) is 21.2 Å². The van der Waals surface area contributed by atoms with Crippen molar-refractivity contribution in [1.29, 1.82) is 0 Å². The van der Waals surface area contributed by atoms with Crippen LogP contribution in [-0.4, -0.2) is 41.7 Å². The lowest BCUT2D eigenvalue weighted by Crippen LogP contribution is -2.57. The van der Waals surface area contributed by atoms with Gasteiger partial charge < -0.3 is 4.74 Å². The lowest BCUT2D eigenvalue weighted by molar-refractivity contribution is -0.0239. The maximum Gasteiger partial charge on any atom is 0.0653 e. The zero-order chi connectivity index (χ0) is 13.0. The number of ether oxygens (including phenoxy) is 1. The van der Waals surface area contributed by atoms with E-state index in [1.54, 1.807) is 6.20 Å². The Kier molecular flexibility index (Phi) is 4.29. The van der Waals surface area contributed by atoms with Gasteiger partial charge in [0.2, 0.25) is 0 Å². The highest BCUT2D eigenvalue weighted by Crippen LogP contribution is 2.30. The first-order valence-electron chi connectivity index (χ1n) is 6.35. The first-order chi connectivity index (χ1) is 8.66. The number of nitrogens with one attached hydrogen (secondary N) is 1. The molecule has 1 unspecified atom stereocenters. The maximum absolute atomic E-state index is 5.76. The van der Waals surface area contributed by atoms with E-state index >= 15 is 0 Å². The molecule has 0 aliphatic carbocycles. The Morgan fingerprint density at radius 3 is 2.72 bits per heavy atom. The summed E-state index contributed by atoms with van der Waals surface area (Å²) in [5.41, 5.74) is 3.96. The average molecular weight is 250 g/mol. The highest BCUT2D eigenvalue weighted by atomic mass is 16.5. The van der Waals surface area contributed by atoms with Gasteiger partial charge in [0.1, 0.15) is 0 Å². The third-order valence-electron chi connectivity index (χ3n) is 3.72. The van der Waals surface area contributed by atoms with Crippen molar-refractivity contribution in [3.05, 3.63) is 30.1 Å². The molecule has 0 radical (unpaired) electrons. The average Bonchev–Trinajstić information content (AvgIpc) is 2.41. The Morgan fingerprint density at radius 2 is 2.17 bits per heavy atom. The molecule has 5 heteroatoms. The van der Waals surface area contributed by atoms with E-state index in [1.807, 2.05) is 12.3 Å². The van der Waals surface area contributed by atoms with E-state index in [1.165, 1.54) is 0 Å². The predicted molar refractivity (Wildman–Crippen MR) is 70.8 cm³/mol. The van der Waals surface area contributed by atoms with E-state index in [-0.39, 0.29) is 11.6 Å². The molecule has 0 spiro atoms. The van der Waals surface area contributed by atoms with Crippen LogP contribution in [0.5, 0.6) is 0 Å². The molecule has 2 rings (SSSR count). The van der Waals surface area contributed by atoms with Gasteiger partial charge in [0.25, 0.3) is 0 Å². The summed E-state index contributed by atoms with van der Waals surface area (Å²) in [6.07, 6.45) is 3.64. The van der Waals surface area contributed by atoms with E-state index in [9.17, 15) is 0 Å². The number of nitrogens with zero attached hydrogens (tertiary/aromatic N) is 2. The number of aromatic nitrogens is 1. The molecule has 0 amide bonds. The number of hydrazine groups is 1. The van der Waals surface area contributed by atoms with Crippen molar-refractivity contribution in [2.45, 2.75) is 25.4 Å². The number of rotatable bonds is 4. The summed E-state index contributed by atoms with van der Waals surface area (Å²) in [5.74, 6) is 5.76. The minimum absolute atomic E-state index is 0.0456. The first kappa shape index (κ1) is 13.4. The quantitative estimate of drug-likeness (QED) is 0.608. The van der Waals surface area contributed by atoms with E-state index in [2.05, 4.69) is 35.2 Å². The molecule has 2 heterocycles. The fraction of sp³-hybridized carbons (Fsp3) is 0.615. The number of pyridine rings is 1. The topological polar surface area (TPSA) is 63.4 Å². The second kappa shape index (κ2) is 5.75. The molecule has 1 aromatic rings. The van der Waals surface area contributed by atoms with E-state index in [0.717, 1.165) is 31.9 Å². The van der Waals surface area contributed by atoms with Crippen molar-refractivity contribution in [2.24, 2.45) is 5.84 Å². The molecule has 1 saturated heterocycles. The van der Waals surface area contributed by atoms with Crippen molar-refractivity contribution >= 4 is 0 Å². The molecule has 18 heavy (non-hydrogen) atoms. The summed E-state index contributed by atoms with van der Waals surface area (Å²) < 4.78 is 5.41. The molecule has 0 saturated carbocycles. The molecule has 1 aromatic heterocycles. The van der Waals surface area contributed by atoms with Crippen LogP contribution in [0.3, 0.4) is 0 Å². The van der Waals surface area contributed by atoms with Gasteiger partial charge in [-0.05, 0) is 25.5 Å². The number of hydrogen-bond acceptors (Lipinski definition) is 5. The lowest BCUT2D eigenvalue weighted by atomic mass is 9.87. The summed E-state index contributed by atoms with van der Waals surface area (Å²) in [6.45, 7) is 7.85. The van der Waals surface area contributed by atoms with Crippen molar-refractivity contribution < 1.29 is 4.74 Å². The predicted octanol–water partition coefficient (Wildman–Crippen LogP) is 0.697. The molecule has 1 aliphatic heterocycles. The molecule has 1 fully saturated rings. The summed E-state index contributed by atoms with van der Waals surface area (Å²) in [6, 6.07) is 4.04. The second-order valence-electron chi connectivity index (χ2n) is 5.14. The molecular formula is C13H22N4O. The molecule has 3 N–H and O–H groups in total. The summed E-state index contributed by atoms with van der Waals surface area (Å²) >= 11 is 0. The Bertz CT molecular complexity index is 363. The smallest absolute Gasteiger partial charge is 0.0653 e. The molecule has 0 bridgehead atoms. The maximum atomic E-state index is 5.76. The third kappa shape index (κ3) is 2.70. The van der Waals surface area contributed by atoms with E-state index in [4.69, 9.17) is 10.6 Å². The molecule has 5 nitrogen and oxygen atoms in total. The van der Waals surface area contributed by atoms with Gasteiger partial charge in [0, 0.05) is 31.0 Å². The van der Waals surface area contributed by atoms with Gasteiger partial charge in [-0.25, -0.2) is 0 Å². The van der Waals surface area contributed by atoms with Gasteiger partial charge in [0.15, 0.2) is 0 Å². The number of morpholine rings is 1. The Balaban J connectivity index is 2.19. The monoisotopic (exact) mass is 250 g/mol. The molecule has 1 aliphatic rings. The van der Waals surface area contributed by atoms with Crippen LogP contribution in [0.15, 0.2) is 24.5 Å². The zero-order valence-corrected chi connectivity index (χ0v) is 11.1. The van der Waals surface area contributed by atoms with Crippen LogP contribution in [0.1, 0.15) is 25.5 Å². The van der Waals surface area contributed by atoms with Crippen LogP contribution in [0.25, 0.3) is 0 Å². The minimum Gasteiger partial charge on any atom is -0.379 e. The summed E-state index contributed by atoms with van der Waals surface area (Å²) in [5, 5.41) is 0. The van der Waals surface area contributed by atoms with Crippen molar-refractivity contribution in [3.63, 3.8) is 0 Å². The van der Waals surface area contributed by atoms with Gasteiger partial charge in [0.05, 0.1) is 19.3 Å². The van der Waals surface area contributed by atoms with E-state index in [0.29, 0.717) is 0 Å². The van der Waals surface area contributed by atoms with Crippen molar-refractivity contribution in [3.8, 4) is 0 Å². The Hall–Kier alpha value is -1.01. The summed E-state index contributed by atoms with van der Waals surface area (Å²) in [4.78, 5) is 6.58. The van der Waals surface area contributed by atoms with Crippen LogP contribution in [0.2, 0.25) is 0 Å². The van der Waals surface area contributed by atoms with Gasteiger partial charge >= 0.3 is 0 Å². The first-order valence-corrected chi connectivity index (χ1v) is 6.35. The van der Waals surface area contributed by atoms with Crippen molar-refractivity contribution in [1.82, 2.24) is 15.3 Å². The van der Waals surface area contributed by atoms with Crippen molar-refractivity contribution in [2.75, 3.05) is 26.3 Å². The second-order valence-corrected chi connectivity index (χ2v) is 5.14. The number of nitrogens with two attached hydrogens (primary N) is 1. The fourth-order valence-corrected chi connectivity index (χ4v) is 2.58. The Labute approximate surface area is 108 Å². The van der Waals surface area contributed by atoms with Crippen LogP contribution < -0.4 is 11.3 Å².